The van der Waals surface area contributed by atoms with Crippen LogP contribution in [-0.2, 0) is 21.4 Å². The summed E-state index contributed by atoms with van der Waals surface area (Å²) in [4.78, 5) is 17.7. The smallest absolute Gasteiger partial charge is 0.263 e. The highest BCUT2D eigenvalue weighted by molar-refractivity contribution is 7.90. The molecule has 1 saturated carbocycles. The topological polar surface area (TPSA) is 121 Å². The normalized spacial score (nSPS) is 20.4. The maximum absolute atomic E-state index is 13.0. The second-order valence-electron chi connectivity index (χ2n) is 7.67. The summed E-state index contributed by atoms with van der Waals surface area (Å²) in [6, 6.07) is 6.22. The highest BCUT2D eigenvalue weighted by Crippen LogP contribution is 2.35. The summed E-state index contributed by atoms with van der Waals surface area (Å²) < 4.78 is 29.7. The first-order valence-corrected chi connectivity index (χ1v) is 11.8. The van der Waals surface area contributed by atoms with Crippen LogP contribution in [-0.4, -0.2) is 41.0 Å². The Morgan fingerprint density at radius 1 is 1.40 bits per heavy atom. The van der Waals surface area contributed by atoms with Gasteiger partial charge in [-0.3, -0.25) is 24.2 Å². The minimum atomic E-state index is -3.66. The van der Waals surface area contributed by atoms with Crippen molar-refractivity contribution in [1.82, 2.24) is 24.8 Å². The van der Waals surface area contributed by atoms with Crippen molar-refractivity contribution in [2.24, 2.45) is 10.9 Å². The van der Waals surface area contributed by atoms with Crippen LogP contribution in [0.4, 0.5) is 0 Å². The summed E-state index contributed by atoms with van der Waals surface area (Å²) in [7, 11) is -3.66. The zero-order valence-corrected chi connectivity index (χ0v) is 18.4. The van der Waals surface area contributed by atoms with Crippen molar-refractivity contribution in [2.45, 2.75) is 56.6 Å². The van der Waals surface area contributed by atoms with E-state index in [1.165, 1.54) is 6.07 Å². The Labute approximate surface area is 180 Å². The van der Waals surface area contributed by atoms with Crippen molar-refractivity contribution in [3.8, 4) is 0 Å². The average Bonchev–Trinajstić information content (AvgIpc) is 3.44. The van der Waals surface area contributed by atoms with Gasteiger partial charge in [-0.15, -0.1) is 0 Å². The molecular weight excluding hydrogens is 424 g/mol. The number of sulfonamides is 1. The maximum Gasteiger partial charge on any atom is 0.263 e. The van der Waals surface area contributed by atoms with Gasteiger partial charge in [0, 0.05) is 11.6 Å². The van der Waals surface area contributed by atoms with Crippen molar-refractivity contribution >= 4 is 34.0 Å². The SMILES string of the molecule is CC[C@H](C)[C@H](N=C1NS(=O)(=O)c2ccccc21)C(=O)NCc1n[nH]c(=S)n1C1CC1. The molecule has 1 aromatic carbocycles. The molecule has 0 radical (unpaired) electrons. The molecule has 1 aliphatic heterocycles. The fourth-order valence-corrected chi connectivity index (χ4v) is 5.02. The number of rotatable bonds is 7. The molecule has 2 aromatic rings. The lowest BCUT2D eigenvalue weighted by molar-refractivity contribution is -0.123. The first-order valence-electron chi connectivity index (χ1n) is 9.95. The van der Waals surface area contributed by atoms with Gasteiger partial charge >= 0.3 is 0 Å². The van der Waals surface area contributed by atoms with Gasteiger partial charge in [0.1, 0.15) is 11.9 Å². The molecule has 30 heavy (non-hydrogen) atoms. The molecule has 2 aliphatic rings. The lowest BCUT2D eigenvalue weighted by Gasteiger charge is -2.19. The predicted octanol–water partition coefficient (Wildman–Crippen LogP) is 2.05. The Morgan fingerprint density at radius 2 is 2.13 bits per heavy atom. The van der Waals surface area contributed by atoms with E-state index >= 15 is 0 Å². The van der Waals surface area contributed by atoms with E-state index in [1.54, 1.807) is 18.2 Å². The lowest BCUT2D eigenvalue weighted by atomic mass is 9.98. The summed E-state index contributed by atoms with van der Waals surface area (Å²) in [5.74, 6) is 0.515. The van der Waals surface area contributed by atoms with Crippen LogP contribution in [0.15, 0.2) is 34.2 Å². The molecule has 3 N–H and O–H groups in total. The van der Waals surface area contributed by atoms with Crippen LogP contribution < -0.4 is 10.0 Å². The molecule has 0 spiro atoms. The van der Waals surface area contributed by atoms with Crippen LogP contribution in [0, 0.1) is 10.7 Å². The zero-order chi connectivity index (χ0) is 21.5. The zero-order valence-electron chi connectivity index (χ0n) is 16.8. The van der Waals surface area contributed by atoms with E-state index in [-0.39, 0.29) is 29.1 Å². The van der Waals surface area contributed by atoms with E-state index in [1.807, 2.05) is 18.4 Å². The van der Waals surface area contributed by atoms with Gasteiger partial charge in [-0.05, 0) is 43.1 Å². The minimum Gasteiger partial charge on any atom is -0.347 e. The summed E-state index contributed by atoms with van der Waals surface area (Å²) in [5, 5.41) is 9.91. The number of fused-ring (bicyclic) bond motifs is 1. The number of nitrogens with one attached hydrogen (secondary N) is 3. The monoisotopic (exact) mass is 448 g/mol. The number of aromatic amines is 1. The first-order chi connectivity index (χ1) is 14.3. The van der Waals surface area contributed by atoms with Gasteiger partial charge in [-0.2, -0.15) is 5.10 Å². The van der Waals surface area contributed by atoms with Crippen molar-refractivity contribution in [1.29, 1.82) is 0 Å². The number of amidine groups is 1. The second-order valence-corrected chi connectivity index (χ2v) is 9.71. The van der Waals surface area contributed by atoms with E-state index in [2.05, 4.69) is 25.2 Å². The molecule has 2 atom stereocenters. The predicted molar refractivity (Wildman–Crippen MR) is 114 cm³/mol. The van der Waals surface area contributed by atoms with Crippen LogP contribution in [0.2, 0.25) is 0 Å². The van der Waals surface area contributed by atoms with Crippen LogP contribution in [0.3, 0.4) is 0 Å². The number of benzene rings is 1. The molecule has 1 aromatic heterocycles. The maximum atomic E-state index is 13.0. The minimum absolute atomic E-state index is 0.0842. The Kier molecular flexibility index (Phi) is 5.49. The van der Waals surface area contributed by atoms with Crippen molar-refractivity contribution < 1.29 is 13.2 Å². The van der Waals surface area contributed by atoms with Crippen LogP contribution in [0.1, 0.15) is 50.5 Å². The molecule has 0 bridgehead atoms. The van der Waals surface area contributed by atoms with E-state index in [4.69, 9.17) is 12.2 Å². The largest absolute Gasteiger partial charge is 0.347 e. The average molecular weight is 449 g/mol. The molecule has 0 saturated heterocycles. The number of hydrogen-bond donors (Lipinski definition) is 3. The Balaban J connectivity index is 1.57. The molecule has 9 nitrogen and oxygen atoms in total. The summed E-state index contributed by atoms with van der Waals surface area (Å²) in [6.07, 6.45) is 2.82. The number of aromatic nitrogens is 3. The van der Waals surface area contributed by atoms with Gasteiger partial charge in [-0.25, -0.2) is 8.42 Å². The molecule has 160 valence electrons. The highest BCUT2D eigenvalue weighted by atomic mass is 32.2. The summed E-state index contributed by atoms with van der Waals surface area (Å²) in [6.45, 7) is 4.11. The molecule has 0 unspecified atom stereocenters. The van der Waals surface area contributed by atoms with E-state index in [0.29, 0.717) is 28.6 Å². The molecular formula is C19H24N6O3S2. The quantitative estimate of drug-likeness (QED) is 0.560. The van der Waals surface area contributed by atoms with Gasteiger partial charge in [0.2, 0.25) is 5.91 Å². The summed E-state index contributed by atoms with van der Waals surface area (Å²) >= 11 is 5.28. The van der Waals surface area contributed by atoms with Gasteiger partial charge < -0.3 is 5.32 Å². The Hall–Kier alpha value is -2.53. The highest BCUT2D eigenvalue weighted by Gasteiger charge is 2.33. The van der Waals surface area contributed by atoms with Crippen molar-refractivity contribution in [3.63, 3.8) is 0 Å². The molecule has 1 fully saturated rings. The number of carbonyl (C=O) groups excluding carboxylic acids is 1. The van der Waals surface area contributed by atoms with Gasteiger partial charge in [0.15, 0.2) is 10.6 Å². The first kappa shape index (κ1) is 20.7. The number of amides is 1. The molecule has 11 heteroatoms. The third kappa shape index (κ3) is 3.91. The third-order valence-electron chi connectivity index (χ3n) is 5.49. The van der Waals surface area contributed by atoms with Gasteiger partial charge in [-0.1, -0.05) is 32.4 Å². The molecule has 2 heterocycles. The standard InChI is InChI=1S/C19H24N6O3S2/c1-3-11(2)16(21-17-13-6-4-5-7-14(13)30(27,28)24-17)18(26)20-10-15-22-23-19(29)25(15)12-8-9-12/h4-7,11-12,16H,3,8-10H2,1-2H3,(H,20,26)(H,21,24)(H,23,29)/t11-,16-/m0/s1. The van der Waals surface area contributed by atoms with Crippen LogP contribution >= 0.6 is 12.2 Å². The Morgan fingerprint density at radius 3 is 2.83 bits per heavy atom. The number of nitrogens with zero attached hydrogens (tertiary/aromatic N) is 3. The van der Waals surface area contributed by atoms with Gasteiger partial charge in [0.25, 0.3) is 10.0 Å². The second kappa shape index (κ2) is 7.95. The summed E-state index contributed by atoms with van der Waals surface area (Å²) in [5.41, 5.74) is 0.480. The number of H-pyrrole nitrogens is 1. The fraction of sp³-hybridized carbons (Fsp3) is 0.474. The number of hydrogen-bond acceptors (Lipinski definition) is 6. The molecule has 4 rings (SSSR count). The van der Waals surface area contributed by atoms with Gasteiger partial charge in [0.05, 0.1) is 11.4 Å². The molecule has 1 amide bonds. The van der Waals surface area contributed by atoms with Crippen LogP contribution in [0.5, 0.6) is 0 Å². The van der Waals surface area contributed by atoms with Crippen molar-refractivity contribution in [2.75, 3.05) is 0 Å². The third-order valence-corrected chi connectivity index (χ3v) is 7.18. The van der Waals surface area contributed by atoms with Crippen molar-refractivity contribution in [3.05, 3.63) is 40.4 Å². The molecule has 1 aliphatic carbocycles. The fourth-order valence-electron chi connectivity index (χ4n) is 3.48. The number of carbonyl (C=O) groups is 1. The lowest BCUT2D eigenvalue weighted by Crippen LogP contribution is -2.39. The van der Waals surface area contributed by atoms with E-state index < -0.39 is 16.1 Å². The Bertz CT molecular complexity index is 1160. The number of aliphatic imine (C=N–C) groups is 1. The van der Waals surface area contributed by atoms with E-state index in [9.17, 15) is 13.2 Å². The van der Waals surface area contributed by atoms with Crippen LogP contribution in [0.25, 0.3) is 0 Å². The van der Waals surface area contributed by atoms with E-state index in [0.717, 1.165) is 12.8 Å².